The van der Waals surface area contributed by atoms with E-state index in [1.807, 2.05) is 43.3 Å². The average Bonchev–Trinajstić information content (AvgIpc) is 2.35. The van der Waals surface area contributed by atoms with Crippen molar-refractivity contribution in [1.82, 2.24) is 5.32 Å². The molecule has 0 aliphatic rings. The Hall–Kier alpha value is -1.55. The molecule has 3 N–H and O–H groups in total. The highest BCUT2D eigenvalue weighted by Gasteiger charge is 2.09. The van der Waals surface area contributed by atoms with E-state index < -0.39 is 0 Å². The van der Waals surface area contributed by atoms with Crippen molar-refractivity contribution in [1.29, 1.82) is 0 Å². The fourth-order valence-electron chi connectivity index (χ4n) is 1.93. The van der Waals surface area contributed by atoms with Gasteiger partial charge in [0.15, 0.2) is 0 Å². The summed E-state index contributed by atoms with van der Waals surface area (Å²) in [7, 11) is 3.94. The number of carbonyl (C=O) groups excluding carboxylic acids is 1. The number of benzene rings is 1. The summed E-state index contributed by atoms with van der Waals surface area (Å²) in [5.74, 6) is 0.482. The number of nitrogens with zero attached hydrogens (tertiary/aromatic N) is 1. The fraction of sp³-hybridized carbons (Fsp3) is 0.533. The number of hydrogen-bond donors (Lipinski definition) is 2. The van der Waals surface area contributed by atoms with Crippen LogP contribution in [0, 0.1) is 5.92 Å². The van der Waals surface area contributed by atoms with Crippen molar-refractivity contribution in [3.05, 3.63) is 29.8 Å². The van der Waals surface area contributed by atoms with Crippen LogP contribution < -0.4 is 16.0 Å². The average molecular weight is 263 g/mol. The van der Waals surface area contributed by atoms with E-state index in [-0.39, 0.29) is 11.9 Å². The van der Waals surface area contributed by atoms with Crippen LogP contribution in [0.2, 0.25) is 0 Å². The van der Waals surface area contributed by atoms with Crippen molar-refractivity contribution in [2.75, 3.05) is 25.5 Å². The molecule has 0 heterocycles. The van der Waals surface area contributed by atoms with Crippen molar-refractivity contribution >= 4 is 11.6 Å². The topological polar surface area (TPSA) is 58.4 Å². The molecule has 1 aromatic rings. The second-order valence-corrected chi connectivity index (χ2v) is 5.54. The van der Waals surface area contributed by atoms with E-state index in [1.165, 1.54) is 0 Å². The monoisotopic (exact) mass is 263 g/mol. The Kier molecular flexibility index (Phi) is 5.83. The summed E-state index contributed by atoms with van der Waals surface area (Å²) >= 11 is 0. The zero-order valence-electron chi connectivity index (χ0n) is 12.3. The molecule has 19 heavy (non-hydrogen) atoms. The van der Waals surface area contributed by atoms with E-state index in [4.69, 9.17) is 5.73 Å². The third kappa shape index (κ3) is 5.30. The van der Waals surface area contributed by atoms with Gasteiger partial charge in [0.2, 0.25) is 0 Å². The summed E-state index contributed by atoms with van der Waals surface area (Å²) in [4.78, 5) is 13.9. The summed E-state index contributed by atoms with van der Waals surface area (Å²) in [5.41, 5.74) is 7.69. The molecule has 0 spiro atoms. The van der Waals surface area contributed by atoms with Crippen LogP contribution >= 0.6 is 0 Å². The van der Waals surface area contributed by atoms with Gasteiger partial charge in [0.05, 0.1) is 0 Å². The molecule has 106 valence electrons. The third-order valence-corrected chi connectivity index (χ3v) is 2.94. The highest BCUT2D eigenvalue weighted by molar-refractivity contribution is 5.94. The van der Waals surface area contributed by atoms with Crippen molar-refractivity contribution in [3.8, 4) is 0 Å². The first kappa shape index (κ1) is 15.5. The molecule has 4 nitrogen and oxygen atoms in total. The van der Waals surface area contributed by atoms with E-state index in [0.717, 1.165) is 12.1 Å². The van der Waals surface area contributed by atoms with Crippen LogP contribution in [-0.4, -0.2) is 32.6 Å². The summed E-state index contributed by atoms with van der Waals surface area (Å²) in [5, 5.41) is 2.88. The predicted octanol–water partition coefficient (Wildman–Crippen LogP) is 1.86. The third-order valence-electron chi connectivity index (χ3n) is 2.94. The lowest BCUT2D eigenvalue weighted by atomic mass is 10.0. The van der Waals surface area contributed by atoms with E-state index >= 15 is 0 Å². The van der Waals surface area contributed by atoms with Gasteiger partial charge in [0.25, 0.3) is 5.91 Å². The maximum atomic E-state index is 11.9. The smallest absolute Gasteiger partial charge is 0.251 e. The van der Waals surface area contributed by atoms with E-state index in [2.05, 4.69) is 19.2 Å². The summed E-state index contributed by atoms with van der Waals surface area (Å²) < 4.78 is 0. The molecule has 0 radical (unpaired) electrons. The zero-order valence-corrected chi connectivity index (χ0v) is 12.3. The number of nitrogens with two attached hydrogens (primary N) is 1. The quantitative estimate of drug-likeness (QED) is 0.823. The van der Waals surface area contributed by atoms with Gasteiger partial charge < -0.3 is 16.0 Å². The van der Waals surface area contributed by atoms with Crippen molar-refractivity contribution in [2.24, 2.45) is 11.7 Å². The number of carbonyl (C=O) groups is 1. The van der Waals surface area contributed by atoms with Crippen LogP contribution in [0.15, 0.2) is 24.3 Å². The number of hydrogen-bond acceptors (Lipinski definition) is 3. The van der Waals surface area contributed by atoms with Gasteiger partial charge >= 0.3 is 0 Å². The van der Waals surface area contributed by atoms with Gasteiger partial charge in [-0.05, 0) is 36.6 Å². The molecule has 0 bridgehead atoms. The standard InChI is InChI=1S/C15H25N3O/c1-11(2)9-13(16)10-17-15(19)12-5-7-14(8-6-12)18(3)4/h5-8,11,13H,9-10,16H2,1-4H3,(H,17,19). The van der Waals surface area contributed by atoms with Gasteiger partial charge in [-0.2, -0.15) is 0 Å². The molecule has 0 saturated heterocycles. The van der Waals surface area contributed by atoms with Gasteiger partial charge in [-0.3, -0.25) is 4.79 Å². The van der Waals surface area contributed by atoms with Crippen LogP contribution in [0.4, 0.5) is 5.69 Å². The van der Waals surface area contributed by atoms with E-state index in [9.17, 15) is 4.79 Å². The molecule has 1 atom stereocenters. The molecule has 1 aromatic carbocycles. The summed E-state index contributed by atoms with van der Waals surface area (Å²) in [6, 6.07) is 7.55. The highest BCUT2D eigenvalue weighted by Crippen LogP contribution is 2.12. The lowest BCUT2D eigenvalue weighted by Crippen LogP contribution is -2.38. The molecule has 0 aliphatic carbocycles. The van der Waals surface area contributed by atoms with Gasteiger partial charge in [-0.1, -0.05) is 13.8 Å². The number of rotatable bonds is 6. The fourth-order valence-corrected chi connectivity index (χ4v) is 1.93. The maximum absolute atomic E-state index is 11.9. The minimum absolute atomic E-state index is 0.0185. The molecule has 4 heteroatoms. The molecular formula is C15H25N3O. The SMILES string of the molecule is CC(C)CC(N)CNC(=O)c1ccc(N(C)C)cc1. The molecule has 0 saturated carbocycles. The summed E-state index contributed by atoms with van der Waals surface area (Å²) in [6.07, 6.45) is 0.917. The first-order valence-corrected chi connectivity index (χ1v) is 6.71. The second-order valence-electron chi connectivity index (χ2n) is 5.54. The number of anilines is 1. The molecule has 1 rings (SSSR count). The minimum Gasteiger partial charge on any atom is -0.378 e. The summed E-state index contributed by atoms with van der Waals surface area (Å²) in [6.45, 7) is 4.77. The second kappa shape index (κ2) is 7.14. The largest absolute Gasteiger partial charge is 0.378 e. The van der Waals surface area contributed by atoms with Gasteiger partial charge in [-0.25, -0.2) is 0 Å². The Morgan fingerprint density at radius 1 is 1.26 bits per heavy atom. The Bertz CT molecular complexity index is 398. The lowest BCUT2D eigenvalue weighted by molar-refractivity contribution is 0.0950. The lowest BCUT2D eigenvalue weighted by Gasteiger charge is -2.15. The Balaban J connectivity index is 2.49. The molecule has 1 amide bonds. The Morgan fingerprint density at radius 2 is 1.84 bits per heavy atom. The number of nitrogens with one attached hydrogen (secondary N) is 1. The van der Waals surface area contributed by atoms with Crippen molar-refractivity contribution < 1.29 is 4.79 Å². The van der Waals surface area contributed by atoms with Gasteiger partial charge in [0, 0.05) is 37.9 Å². The van der Waals surface area contributed by atoms with Crippen LogP contribution in [0.5, 0.6) is 0 Å². The van der Waals surface area contributed by atoms with Crippen molar-refractivity contribution in [2.45, 2.75) is 26.3 Å². The first-order chi connectivity index (χ1) is 8.90. The van der Waals surface area contributed by atoms with Crippen LogP contribution in [0.25, 0.3) is 0 Å². The molecule has 0 aliphatic heterocycles. The molecule has 1 unspecified atom stereocenters. The van der Waals surface area contributed by atoms with Gasteiger partial charge in [-0.15, -0.1) is 0 Å². The number of amides is 1. The minimum atomic E-state index is -0.0653. The van der Waals surface area contributed by atoms with Crippen molar-refractivity contribution in [3.63, 3.8) is 0 Å². The molecule has 0 aromatic heterocycles. The maximum Gasteiger partial charge on any atom is 0.251 e. The normalized spacial score (nSPS) is 12.3. The zero-order chi connectivity index (χ0) is 14.4. The van der Waals surface area contributed by atoms with Crippen LogP contribution in [0.3, 0.4) is 0 Å². The Morgan fingerprint density at radius 3 is 2.32 bits per heavy atom. The van der Waals surface area contributed by atoms with Crippen LogP contribution in [-0.2, 0) is 0 Å². The van der Waals surface area contributed by atoms with E-state index in [0.29, 0.717) is 18.0 Å². The van der Waals surface area contributed by atoms with E-state index in [1.54, 1.807) is 0 Å². The first-order valence-electron chi connectivity index (χ1n) is 6.71. The highest BCUT2D eigenvalue weighted by atomic mass is 16.1. The predicted molar refractivity (Wildman–Crippen MR) is 80.5 cm³/mol. The molecule has 0 fully saturated rings. The van der Waals surface area contributed by atoms with Crippen LogP contribution in [0.1, 0.15) is 30.6 Å². The van der Waals surface area contributed by atoms with Gasteiger partial charge in [0.1, 0.15) is 0 Å². The Labute approximate surface area is 116 Å². The molecular weight excluding hydrogens is 238 g/mol.